The zero-order valence-corrected chi connectivity index (χ0v) is 51.6. The number of hydrogen-bond donors (Lipinski definition) is 0. The third-order valence-electron chi connectivity index (χ3n) is 18.3. The summed E-state index contributed by atoms with van der Waals surface area (Å²) in [5, 5.41) is 0. The van der Waals surface area contributed by atoms with Crippen molar-refractivity contribution >= 4 is 0 Å². The Morgan fingerprint density at radius 3 is 0.928 bits per heavy atom. The molecule has 1 spiro atoms. The van der Waals surface area contributed by atoms with Crippen LogP contribution in [0.5, 0.6) is 0 Å². The van der Waals surface area contributed by atoms with Gasteiger partial charge in [0, 0.05) is 106 Å². The first-order chi connectivity index (χ1) is 32.1. The molecule has 412 valence electrons. The van der Waals surface area contributed by atoms with Gasteiger partial charge < -0.3 is 19.6 Å². The number of hydrogen-bond acceptors (Lipinski definition) is 7. The lowest BCUT2D eigenvalue weighted by molar-refractivity contribution is -0.135. The lowest BCUT2D eigenvalue weighted by Crippen LogP contribution is -2.73. The molecule has 0 aromatic carbocycles. The van der Waals surface area contributed by atoms with Crippen molar-refractivity contribution in [3.8, 4) is 0 Å². The van der Waals surface area contributed by atoms with Crippen molar-refractivity contribution in [1.82, 2.24) is 34.3 Å². The van der Waals surface area contributed by atoms with Gasteiger partial charge in [-0.25, -0.2) is 0 Å². The quantitative estimate of drug-likeness (QED) is 0.192. The van der Waals surface area contributed by atoms with Gasteiger partial charge in [-0.2, -0.15) is 0 Å². The Hall–Kier alpha value is -0.280. The van der Waals surface area contributed by atoms with Crippen LogP contribution in [0.25, 0.3) is 0 Å². The fraction of sp³-hybridized carbons (Fsp3) is 1.00. The molecule has 69 heavy (non-hydrogen) atoms. The van der Waals surface area contributed by atoms with Crippen molar-refractivity contribution in [3.05, 3.63) is 0 Å². The second kappa shape index (κ2) is 31.6. The molecule has 0 N–H and O–H groups in total. The van der Waals surface area contributed by atoms with Crippen LogP contribution in [0.15, 0.2) is 0 Å². The van der Waals surface area contributed by atoms with E-state index in [1.54, 1.807) is 0 Å². The predicted octanol–water partition coefficient (Wildman–Crippen LogP) is 13.8. The van der Waals surface area contributed by atoms with Crippen molar-refractivity contribution in [3.63, 3.8) is 0 Å². The van der Waals surface area contributed by atoms with Crippen LogP contribution in [-0.4, -0.2) is 168 Å². The molecule has 0 amide bonds. The van der Waals surface area contributed by atoms with E-state index in [1.165, 1.54) is 130 Å². The van der Waals surface area contributed by atoms with Crippen LogP contribution in [0, 0.1) is 58.7 Å². The summed E-state index contributed by atoms with van der Waals surface area (Å²) in [5.41, 5.74) is 0.703. The summed E-state index contributed by atoms with van der Waals surface area (Å²) in [6.07, 6.45) is 9.90. The molecule has 3 atom stereocenters. The van der Waals surface area contributed by atoms with E-state index in [-0.39, 0.29) is 0 Å². The zero-order valence-electron chi connectivity index (χ0n) is 51.6. The van der Waals surface area contributed by atoms with Gasteiger partial charge in [0.2, 0.25) is 0 Å². The fourth-order valence-corrected chi connectivity index (χ4v) is 12.1. The summed E-state index contributed by atoms with van der Waals surface area (Å²) in [6, 6.07) is 6.09. The van der Waals surface area contributed by atoms with Gasteiger partial charge in [-0.05, 0) is 228 Å². The Morgan fingerprint density at radius 2 is 0.609 bits per heavy atom. The average Bonchev–Trinajstić information content (AvgIpc) is 3.93. The van der Waals surface area contributed by atoms with Crippen LogP contribution in [0.4, 0.5) is 0 Å². The average molecular weight is 973 g/mol. The summed E-state index contributed by atoms with van der Waals surface area (Å²) < 4.78 is 0. The molecule has 0 aromatic heterocycles. The van der Waals surface area contributed by atoms with Gasteiger partial charge in [-0.15, -0.1) is 0 Å². The van der Waals surface area contributed by atoms with Crippen LogP contribution in [0.3, 0.4) is 0 Å². The Bertz CT molecular complexity index is 1180. The molecule has 7 saturated heterocycles. The molecule has 0 saturated carbocycles. The summed E-state index contributed by atoms with van der Waals surface area (Å²) in [6.45, 7) is 72.9. The van der Waals surface area contributed by atoms with E-state index in [4.69, 9.17) is 0 Å². The molecule has 7 nitrogen and oxygen atoms in total. The van der Waals surface area contributed by atoms with Crippen LogP contribution in [0.2, 0.25) is 0 Å². The summed E-state index contributed by atoms with van der Waals surface area (Å²) >= 11 is 0. The molecule has 7 heteroatoms. The second-order valence-corrected chi connectivity index (χ2v) is 27.7. The predicted molar refractivity (Wildman–Crippen MR) is 309 cm³/mol. The van der Waals surface area contributed by atoms with E-state index >= 15 is 0 Å². The molecule has 0 aliphatic carbocycles. The molecule has 7 heterocycles. The van der Waals surface area contributed by atoms with Crippen molar-refractivity contribution in [2.45, 2.75) is 259 Å². The first-order valence-corrected chi connectivity index (χ1v) is 30.3. The number of piperidine rings is 2. The molecule has 0 bridgehead atoms. The van der Waals surface area contributed by atoms with Crippen LogP contribution in [0.1, 0.15) is 211 Å². The summed E-state index contributed by atoms with van der Waals surface area (Å²) in [5.74, 6) is 8.21. The third kappa shape index (κ3) is 22.2. The number of rotatable bonds is 12. The fourth-order valence-electron chi connectivity index (χ4n) is 12.1. The van der Waals surface area contributed by atoms with Gasteiger partial charge in [-0.3, -0.25) is 14.7 Å². The van der Waals surface area contributed by atoms with E-state index in [1.807, 2.05) is 0 Å². The van der Waals surface area contributed by atoms with Crippen LogP contribution >= 0.6 is 0 Å². The maximum atomic E-state index is 2.64. The highest BCUT2D eigenvalue weighted by Crippen LogP contribution is 2.41. The lowest BCUT2D eigenvalue weighted by Gasteiger charge is -2.62. The van der Waals surface area contributed by atoms with Crippen molar-refractivity contribution in [1.29, 1.82) is 0 Å². The summed E-state index contributed by atoms with van der Waals surface area (Å²) in [4.78, 5) is 18.1. The van der Waals surface area contributed by atoms with Gasteiger partial charge in [0.15, 0.2) is 0 Å². The van der Waals surface area contributed by atoms with E-state index in [9.17, 15) is 0 Å². The van der Waals surface area contributed by atoms with Crippen LogP contribution in [-0.2, 0) is 0 Å². The molecular weight excluding hydrogens is 843 g/mol. The minimum Gasteiger partial charge on any atom is -0.301 e. The number of likely N-dealkylation sites (tertiary alicyclic amines) is 7. The highest BCUT2D eigenvalue weighted by molar-refractivity contribution is 5.06. The molecule has 7 aliphatic heterocycles. The van der Waals surface area contributed by atoms with Gasteiger partial charge in [0.25, 0.3) is 0 Å². The van der Waals surface area contributed by atoms with E-state index in [0.29, 0.717) is 5.41 Å². The lowest BCUT2D eigenvalue weighted by atomic mass is 9.72. The molecule has 7 aliphatic rings. The van der Waals surface area contributed by atoms with Gasteiger partial charge >= 0.3 is 0 Å². The Balaban J connectivity index is 0.000000285. The van der Waals surface area contributed by atoms with E-state index < -0.39 is 0 Å². The topological polar surface area (TPSA) is 22.7 Å². The van der Waals surface area contributed by atoms with Gasteiger partial charge in [-0.1, -0.05) is 69.2 Å². The third-order valence-corrected chi connectivity index (χ3v) is 18.3. The molecular formula is C62H129N7. The standard InChI is InChI=1S/C11H22N2.2C11H23N.2C10H21N.C9H19N/c1-9(2)12-5-11(6-12)7-13(8-11)10(3)4;1-9(2)11-5-7-12(8-6-11)10(3)4;1-9(2)11-6-5-7-12(8-11)10(3)4;1-8(2)10-5-6-11(7-10)9(3)4;1-8(2)10-6-5-7-11(10)9(3)4;1-7(2)9-5-10(6-9)8(3)4/h9-10H,5-8H2,1-4H3;2*9-11H,5-8H2,1-4H3;2*8-10H,5-7H2,1-4H3;7-9H,5-6H2,1-4H3. The Kier molecular flexibility index (Phi) is 29.7. The minimum absolute atomic E-state index is 0.703. The first-order valence-electron chi connectivity index (χ1n) is 30.3. The monoisotopic (exact) mass is 972 g/mol. The smallest absolute Gasteiger partial charge is 0.0212 e. The van der Waals surface area contributed by atoms with E-state index in [0.717, 1.165) is 102 Å². The van der Waals surface area contributed by atoms with E-state index in [2.05, 4.69) is 200 Å². The van der Waals surface area contributed by atoms with Crippen molar-refractivity contribution < 1.29 is 0 Å². The maximum absolute atomic E-state index is 2.64. The normalized spacial score (nSPS) is 25.8. The molecule has 0 aromatic rings. The molecule has 0 radical (unpaired) electrons. The summed E-state index contributed by atoms with van der Waals surface area (Å²) in [7, 11) is 0. The minimum atomic E-state index is 0.703. The molecule has 7 fully saturated rings. The Labute approximate surface area is 435 Å². The van der Waals surface area contributed by atoms with Crippen LogP contribution < -0.4 is 0 Å². The highest BCUT2D eigenvalue weighted by atomic mass is 15.3. The maximum Gasteiger partial charge on any atom is 0.0212 e. The zero-order chi connectivity index (χ0) is 52.5. The van der Waals surface area contributed by atoms with Gasteiger partial charge in [0.05, 0.1) is 0 Å². The van der Waals surface area contributed by atoms with Crippen molar-refractivity contribution in [2.24, 2.45) is 58.7 Å². The van der Waals surface area contributed by atoms with Gasteiger partial charge in [0.1, 0.15) is 0 Å². The highest BCUT2D eigenvalue weighted by Gasteiger charge is 2.52. The Morgan fingerprint density at radius 1 is 0.275 bits per heavy atom. The molecule has 7 rings (SSSR count). The first kappa shape index (κ1) is 64.8. The second-order valence-electron chi connectivity index (χ2n) is 27.7. The molecule has 3 unspecified atom stereocenters. The SMILES string of the molecule is CC(C)C1CCCN(C(C)C)C1.CC(C)C1CCCN1C(C)C.CC(C)C1CCN(C(C)C)C1.CC(C)C1CCN(C(C)C)CC1.CC(C)C1CN(C(C)C)C1.CC(C)N1CC2(C1)CN(C(C)C)C2. The van der Waals surface area contributed by atoms with Crippen molar-refractivity contribution in [2.75, 3.05) is 85.1 Å². The number of nitrogens with zero attached hydrogens (tertiary/aromatic N) is 7. The largest absolute Gasteiger partial charge is 0.301 e.